The molecule has 2 heterocycles. The number of hydrogen-bond donors (Lipinski definition) is 2. The summed E-state index contributed by atoms with van der Waals surface area (Å²) in [5.41, 5.74) is -0.796. The second kappa shape index (κ2) is 14.3. The van der Waals surface area contributed by atoms with Crippen molar-refractivity contribution >= 4 is 29.6 Å². The van der Waals surface area contributed by atoms with Gasteiger partial charge in [0.1, 0.15) is 24.5 Å². The van der Waals surface area contributed by atoms with E-state index < -0.39 is 43.5 Å². The van der Waals surface area contributed by atoms with E-state index >= 15 is 0 Å². The van der Waals surface area contributed by atoms with Crippen LogP contribution in [0.1, 0.15) is 64.2 Å². The first-order chi connectivity index (χ1) is 19.5. The van der Waals surface area contributed by atoms with Crippen LogP contribution < -0.4 is 20.9 Å². The quantitative estimate of drug-likeness (QED) is 0.246. The van der Waals surface area contributed by atoms with Crippen molar-refractivity contribution in [2.45, 2.75) is 84.0 Å². The minimum atomic E-state index is -4.19. The molecule has 4 rings (SSSR count). The van der Waals surface area contributed by atoms with Gasteiger partial charge in [0, 0.05) is 16.2 Å². The molecule has 1 aliphatic heterocycles. The van der Waals surface area contributed by atoms with E-state index in [0.29, 0.717) is 12.0 Å². The number of H-pyrrole nitrogens is 1. The first kappa shape index (κ1) is 31.7. The molecule has 2 aliphatic rings. The maximum Gasteiger partial charge on any atom is 0.459 e. The zero-order valence-electron chi connectivity index (χ0n) is 23.4. The Balaban J connectivity index is 1.48. The van der Waals surface area contributed by atoms with Gasteiger partial charge in [-0.15, -0.1) is 0 Å². The number of hydrogen-bond acceptors (Lipinski definition) is 9. The average molecular weight is 658 g/mol. The molecule has 2 fully saturated rings. The third-order valence-corrected chi connectivity index (χ3v) is 8.85. The number of esters is 1. The monoisotopic (exact) mass is 657 g/mol. The van der Waals surface area contributed by atoms with Crippen LogP contribution in [0.25, 0.3) is 0 Å². The molecule has 0 bridgehead atoms. The van der Waals surface area contributed by atoms with E-state index in [9.17, 15) is 18.9 Å². The number of halogens is 1. The molecule has 1 saturated carbocycles. The number of ether oxygens (including phenoxy) is 3. The van der Waals surface area contributed by atoms with Crippen LogP contribution >= 0.6 is 23.7 Å². The Morgan fingerprint density at radius 3 is 2.59 bits per heavy atom. The molecule has 1 saturated heterocycles. The van der Waals surface area contributed by atoms with Crippen LogP contribution in [0.2, 0.25) is 0 Å². The Labute approximate surface area is 246 Å². The fraction of sp³-hybridized carbons (Fsp3) is 0.593. The molecule has 1 aromatic carbocycles. The summed E-state index contributed by atoms with van der Waals surface area (Å²) >= 11 is 3.36. The van der Waals surface area contributed by atoms with Gasteiger partial charge in [-0.05, 0) is 69.2 Å². The van der Waals surface area contributed by atoms with Crippen LogP contribution in [0.4, 0.5) is 0 Å². The Hall–Kier alpha value is -2.28. The highest BCUT2D eigenvalue weighted by Crippen LogP contribution is 2.46. The van der Waals surface area contributed by atoms with E-state index in [0.717, 1.165) is 36.6 Å². The minimum Gasteiger partial charge on any atom is -0.461 e. The smallest absolute Gasteiger partial charge is 0.459 e. The molecular weight excluding hydrogens is 621 g/mol. The van der Waals surface area contributed by atoms with Crippen molar-refractivity contribution in [1.29, 1.82) is 0 Å². The summed E-state index contributed by atoms with van der Waals surface area (Å²) in [5, 5.41) is 2.82. The highest BCUT2D eigenvalue weighted by molar-refractivity contribution is 9.10. The lowest BCUT2D eigenvalue weighted by Gasteiger charge is -2.28. The third-order valence-electron chi connectivity index (χ3n) is 6.75. The Morgan fingerprint density at radius 2 is 1.90 bits per heavy atom. The Kier molecular flexibility index (Phi) is 11.0. The predicted octanol–water partition coefficient (Wildman–Crippen LogP) is 4.56. The second-order valence-corrected chi connectivity index (χ2v) is 13.3. The molecule has 4 atom stereocenters. The van der Waals surface area contributed by atoms with Gasteiger partial charge < -0.3 is 18.7 Å². The van der Waals surface area contributed by atoms with E-state index in [4.69, 9.17) is 23.3 Å². The van der Waals surface area contributed by atoms with Crippen molar-refractivity contribution in [1.82, 2.24) is 14.6 Å². The van der Waals surface area contributed by atoms with Crippen LogP contribution in [0.15, 0.2) is 44.5 Å². The van der Waals surface area contributed by atoms with Crippen LogP contribution in [0.5, 0.6) is 5.75 Å². The topological polar surface area (TPSA) is 147 Å². The summed E-state index contributed by atoms with van der Waals surface area (Å²) in [4.78, 5) is 39.4. The highest BCUT2D eigenvalue weighted by Gasteiger charge is 2.38. The van der Waals surface area contributed by atoms with E-state index in [-0.39, 0.29) is 31.0 Å². The summed E-state index contributed by atoms with van der Waals surface area (Å²) < 4.78 is 44.9. The molecule has 2 aromatic rings. The normalized spacial score (nSPS) is 21.9. The predicted molar refractivity (Wildman–Crippen MR) is 154 cm³/mol. The summed E-state index contributed by atoms with van der Waals surface area (Å²) in [6, 6.07) is 5.73. The Morgan fingerprint density at radius 1 is 1.20 bits per heavy atom. The summed E-state index contributed by atoms with van der Waals surface area (Å²) in [7, 11) is -4.19. The van der Waals surface area contributed by atoms with Gasteiger partial charge in [-0.2, -0.15) is 5.09 Å². The van der Waals surface area contributed by atoms with E-state index in [1.54, 1.807) is 31.2 Å². The van der Waals surface area contributed by atoms with Crippen LogP contribution in [-0.4, -0.2) is 47.2 Å². The van der Waals surface area contributed by atoms with Gasteiger partial charge in [0.2, 0.25) is 0 Å². The summed E-state index contributed by atoms with van der Waals surface area (Å²) in [6.07, 6.45) is 4.46. The first-order valence-corrected chi connectivity index (χ1v) is 16.1. The van der Waals surface area contributed by atoms with Gasteiger partial charge in [0.25, 0.3) is 5.56 Å². The molecule has 1 aliphatic carbocycles. The van der Waals surface area contributed by atoms with Gasteiger partial charge in [0.05, 0.1) is 6.61 Å². The molecule has 2 N–H and O–H groups in total. The van der Waals surface area contributed by atoms with Crippen molar-refractivity contribution in [3.05, 3.63) is 61.3 Å². The van der Waals surface area contributed by atoms with Gasteiger partial charge >= 0.3 is 19.4 Å². The SMILES string of the molecule is Cc1cn([C@H]2CO[C@@H](COP(=O)(NC(CC(C)C)C(=O)OC3CCCCC3)Oc3ccc(Br)cc3)O2)c(=O)[nH]c1=O. The lowest BCUT2D eigenvalue weighted by Crippen LogP contribution is -2.41. The number of carbonyl (C=O) groups is 1. The van der Waals surface area contributed by atoms with E-state index in [1.165, 1.54) is 10.8 Å². The van der Waals surface area contributed by atoms with Gasteiger partial charge in [0.15, 0.2) is 12.5 Å². The van der Waals surface area contributed by atoms with Crippen LogP contribution in [0, 0.1) is 12.8 Å². The van der Waals surface area contributed by atoms with E-state index in [1.807, 2.05) is 13.8 Å². The molecule has 0 amide bonds. The van der Waals surface area contributed by atoms with E-state index in [2.05, 4.69) is 26.0 Å². The molecule has 0 radical (unpaired) electrons. The zero-order chi connectivity index (χ0) is 29.6. The molecular formula is C27H37BrN3O9P. The number of benzene rings is 1. The van der Waals surface area contributed by atoms with Crippen LogP contribution in [0.3, 0.4) is 0 Å². The number of carbonyl (C=O) groups excluding carboxylic acids is 1. The summed E-state index contributed by atoms with van der Waals surface area (Å²) in [5.74, 6) is -0.168. The lowest BCUT2D eigenvalue weighted by atomic mass is 9.97. The zero-order valence-corrected chi connectivity index (χ0v) is 25.9. The molecule has 1 aromatic heterocycles. The maximum absolute atomic E-state index is 14.1. The van der Waals surface area contributed by atoms with Gasteiger partial charge in [-0.1, -0.05) is 36.2 Å². The Bertz CT molecular complexity index is 1340. The highest BCUT2D eigenvalue weighted by atomic mass is 79.9. The first-order valence-electron chi connectivity index (χ1n) is 13.8. The number of nitrogens with zero attached hydrogens (tertiary/aromatic N) is 1. The average Bonchev–Trinajstić information content (AvgIpc) is 3.40. The van der Waals surface area contributed by atoms with Gasteiger partial charge in [-0.3, -0.25) is 23.7 Å². The standard InChI is InChI=1S/C27H37BrN3O9P/c1-17(2)13-22(26(33)38-20-7-5-4-6-8-20)30-41(35,40-21-11-9-19(28)10-12-21)37-16-24-36-15-23(39-24)31-14-18(3)25(32)29-27(31)34/h9-12,14,17,20,22-24H,4-8,13,15-16H2,1-3H3,(H,30,35)(H,29,32,34)/t22?,23-,24-,41?/m1/s1. The molecule has 41 heavy (non-hydrogen) atoms. The fourth-order valence-corrected chi connectivity index (χ4v) is 6.41. The van der Waals surface area contributed by atoms with Crippen molar-refractivity contribution in [2.75, 3.05) is 13.2 Å². The summed E-state index contributed by atoms with van der Waals surface area (Å²) in [6.45, 7) is 5.13. The second-order valence-electron chi connectivity index (χ2n) is 10.7. The maximum atomic E-state index is 14.1. The van der Waals surface area contributed by atoms with Crippen molar-refractivity contribution < 1.29 is 32.6 Å². The van der Waals surface area contributed by atoms with Gasteiger partial charge in [-0.25, -0.2) is 9.36 Å². The van der Waals surface area contributed by atoms with Crippen molar-refractivity contribution in [3.63, 3.8) is 0 Å². The number of aromatic nitrogens is 2. The fourth-order valence-electron chi connectivity index (χ4n) is 4.65. The number of nitrogens with one attached hydrogen (secondary N) is 2. The molecule has 2 unspecified atom stereocenters. The number of rotatable bonds is 12. The molecule has 12 nitrogen and oxygen atoms in total. The number of aromatic amines is 1. The largest absolute Gasteiger partial charge is 0.461 e. The third kappa shape index (κ3) is 9.10. The van der Waals surface area contributed by atoms with Crippen molar-refractivity contribution in [3.8, 4) is 5.75 Å². The number of aryl methyl sites for hydroxylation is 1. The van der Waals surface area contributed by atoms with Crippen molar-refractivity contribution in [2.24, 2.45) is 5.92 Å². The molecule has 0 spiro atoms. The lowest BCUT2D eigenvalue weighted by molar-refractivity contribution is -0.153. The molecule has 226 valence electrons. The van der Waals surface area contributed by atoms with Crippen LogP contribution in [-0.2, 0) is 28.1 Å². The minimum absolute atomic E-state index is 0.00555. The molecule has 14 heteroatoms.